The number of rotatable bonds is 15. The summed E-state index contributed by atoms with van der Waals surface area (Å²) < 4.78 is 11.7. The SMILES string of the molecule is CCCCCCOc1cnc(-c2ccc(OCC(C)CCCCCC)cc2)nc1. The normalized spacial score (nSPS) is 12.0. The van der Waals surface area contributed by atoms with Crippen LogP contribution < -0.4 is 9.47 Å². The van der Waals surface area contributed by atoms with Crippen molar-refractivity contribution < 1.29 is 9.47 Å². The van der Waals surface area contributed by atoms with Crippen LogP contribution in [0.5, 0.6) is 11.5 Å². The van der Waals surface area contributed by atoms with Crippen molar-refractivity contribution >= 4 is 0 Å². The van der Waals surface area contributed by atoms with E-state index in [1.54, 1.807) is 12.4 Å². The van der Waals surface area contributed by atoms with E-state index in [-0.39, 0.29) is 0 Å². The van der Waals surface area contributed by atoms with Crippen molar-refractivity contribution in [2.45, 2.75) is 78.6 Å². The van der Waals surface area contributed by atoms with Crippen molar-refractivity contribution in [1.29, 1.82) is 0 Å². The van der Waals surface area contributed by atoms with E-state index < -0.39 is 0 Å². The Hall–Kier alpha value is -2.10. The Kier molecular flexibility index (Phi) is 11.2. The van der Waals surface area contributed by atoms with Gasteiger partial charge in [0, 0.05) is 5.56 Å². The zero-order valence-electron chi connectivity index (χ0n) is 18.5. The smallest absolute Gasteiger partial charge is 0.159 e. The average molecular weight is 399 g/mol. The minimum atomic E-state index is 0.587. The summed E-state index contributed by atoms with van der Waals surface area (Å²) in [6, 6.07) is 8.03. The maximum absolute atomic E-state index is 5.95. The number of ether oxygens (including phenoxy) is 2. The summed E-state index contributed by atoms with van der Waals surface area (Å²) in [7, 11) is 0. The van der Waals surface area contributed by atoms with Crippen molar-refractivity contribution in [1.82, 2.24) is 9.97 Å². The van der Waals surface area contributed by atoms with Gasteiger partial charge >= 0.3 is 0 Å². The van der Waals surface area contributed by atoms with Crippen molar-refractivity contribution in [3.63, 3.8) is 0 Å². The zero-order chi connectivity index (χ0) is 20.7. The van der Waals surface area contributed by atoms with Gasteiger partial charge in [-0.05, 0) is 43.0 Å². The van der Waals surface area contributed by atoms with Gasteiger partial charge in [-0.1, -0.05) is 65.7 Å². The largest absolute Gasteiger partial charge is 0.493 e. The molecule has 0 amide bonds. The van der Waals surface area contributed by atoms with E-state index in [0.29, 0.717) is 11.7 Å². The summed E-state index contributed by atoms with van der Waals surface area (Å²) in [6.07, 6.45) is 14.8. The third-order valence-corrected chi connectivity index (χ3v) is 5.09. The number of unbranched alkanes of at least 4 members (excludes halogenated alkanes) is 6. The summed E-state index contributed by atoms with van der Waals surface area (Å²) >= 11 is 0. The first-order chi connectivity index (χ1) is 14.2. The summed E-state index contributed by atoms with van der Waals surface area (Å²) in [4.78, 5) is 8.88. The van der Waals surface area contributed by atoms with E-state index in [2.05, 4.69) is 30.7 Å². The summed E-state index contributed by atoms with van der Waals surface area (Å²) in [5.41, 5.74) is 0.986. The zero-order valence-corrected chi connectivity index (χ0v) is 18.5. The molecule has 1 heterocycles. The molecule has 0 radical (unpaired) electrons. The van der Waals surface area contributed by atoms with Gasteiger partial charge in [-0.3, -0.25) is 0 Å². The van der Waals surface area contributed by atoms with Crippen LogP contribution in [0.4, 0.5) is 0 Å². The Morgan fingerprint density at radius 2 is 1.41 bits per heavy atom. The second-order valence-electron chi connectivity index (χ2n) is 7.94. The summed E-state index contributed by atoms with van der Waals surface area (Å²) in [5.74, 6) is 2.93. The van der Waals surface area contributed by atoms with Crippen LogP contribution >= 0.6 is 0 Å². The molecule has 0 aliphatic heterocycles. The molecule has 2 aromatic rings. The van der Waals surface area contributed by atoms with Gasteiger partial charge in [-0.2, -0.15) is 0 Å². The Morgan fingerprint density at radius 3 is 2.07 bits per heavy atom. The molecule has 0 saturated heterocycles. The van der Waals surface area contributed by atoms with Crippen LogP contribution in [0.2, 0.25) is 0 Å². The molecule has 0 fully saturated rings. The molecule has 0 bridgehead atoms. The van der Waals surface area contributed by atoms with Gasteiger partial charge in [0.1, 0.15) is 5.75 Å². The maximum atomic E-state index is 5.95. The Labute approximate surface area is 177 Å². The third-order valence-electron chi connectivity index (χ3n) is 5.09. The van der Waals surface area contributed by atoms with Gasteiger partial charge in [0.15, 0.2) is 11.6 Å². The van der Waals surface area contributed by atoms with Crippen molar-refractivity contribution in [3.8, 4) is 22.9 Å². The van der Waals surface area contributed by atoms with Crippen molar-refractivity contribution in [3.05, 3.63) is 36.7 Å². The molecule has 4 nitrogen and oxygen atoms in total. The van der Waals surface area contributed by atoms with Gasteiger partial charge in [-0.15, -0.1) is 0 Å². The van der Waals surface area contributed by atoms with Gasteiger partial charge in [0.05, 0.1) is 25.6 Å². The van der Waals surface area contributed by atoms with E-state index in [4.69, 9.17) is 9.47 Å². The van der Waals surface area contributed by atoms with Gasteiger partial charge in [0.2, 0.25) is 0 Å². The highest BCUT2D eigenvalue weighted by molar-refractivity contribution is 5.56. The Bertz CT molecular complexity index is 656. The summed E-state index contributed by atoms with van der Waals surface area (Å²) in [5, 5.41) is 0. The van der Waals surface area contributed by atoms with Crippen molar-refractivity contribution in [2.75, 3.05) is 13.2 Å². The molecule has 0 N–H and O–H groups in total. The molecule has 29 heavy (non-hydrogen) atoms. The van der Waals surface area contributed by atoms with E-state index in [0.717, 1.165) is 36.7 Å². The first-order valence-electron chi connectivity index (χ1n) is 11.4. The van der Waals surface area contributed by atoms with E-state index in [1.165, 1.54) is 51.4 Å². The number of hydrogen-bond acceptors (Lipinski definition) is 4. The molecule has 160 valence electrons. The second-order valence-corrected chi connectivity index (χ2v) is 7.94. The fourth-order valence-electron chi connectivity index (χ4n) is 3.20. The predicted octanol–water partition coefficient (Wildman–Crippen LogP) is 7.09. The van der Waals surface area contributed by atoms with Gasteiger partial charge in [0.25, 0.3) is 0 Å². The van der Waals surface area contributed by atoms with Crippen LogP contribution in [0.1, 0.15) is 78.6 Å². The Morgan fingerprint density at radius 1 is 0.759 bits per heavy atom. The lowest BCUT2D eigenvalue weighted by Gasteiger charge is -2.13. The number of aromatic nitrogens is 2. The van der Waals surface area contributed by atoms with E-state index >= 15 is 0 Å². The lowest BCUT2D eigenvalue weighted by atomic mass is 10.0. The van der Waals surface area contributed by atoms with Gasteiger partial charge in [-0.25, -0.2) is 9.97 Å². The summed E-state index contributed by atoms with van der Waals surface area (Å²) in [6.45, 7) is 8.22. The van der Waals surface area contributed by atoms with E-state index in [1.807, 2.05) is 24.3 Å². The minimum absolute atomic E-state index is 0.587. The molecular formula is C25H38N2O2. The third kappa shape index (κ3) is 9.29. The Balaban J connectivity index is 1.74. The van der Waals surface area contributed by atoms with Crippen LogP contribution in [0.3, 0.4) is 0 Å². The number of benzene rings is 1. The molecule has 0 spiro atoms. The molecule has 0 saturated carbocycles. The van der Waals surface area contributed by atoms with Crippen LogP contribution in [-0.2, 0) is 0 Å². The van der Waals surface area contributed by atoms with Crippen LogP contribution in [0, 0.1) is 5.92 Å². The first kappa shape index (κ1) is 23.2. The van der Waals surface area contributed by atoms with E-state index in [9.17, 15) is 0 Å². The molecule has 2 rings (SSSR count). The lowest BCUT2D eigenvalue weighted by Crippen LogP contribution is -2.08. The molecular weight excluding hydrogens is 360 g/mol. The molecule has 4 heteroatoms. The molecule has 0 aliphatic carbocycles. The molecule has 1 aromatic heterocycles. The van der Waals surface area contributed by atoms with Crippen LogP contribution in [-0.4, -0.2) is 23.2 Å². The fourth-order valence-corrected chi connectivity index (χ4v) is 3.20. The molecule has 1 atom stereocenters. The highest BCUT2D eigenvalue weighted by Gasteiger charge is 2.06. The average Bonchev–Trinajstić information content (AvgIpc) is 2.76. The van der Waals surface area contributed by atoms with Crippen molar-refractivity contribution in [2.24, 2.45) is 5.92 Å². The molecule has 1 unspecified atom stereocenters. The van der Waals surface area contributed by atoms with Crippen LogP contribution in [0.25, 0.3) is 11.4 Å². The molecule has 1 aromatic carbocycles. The molecule has 0 aliphatic rings. The van der Waals surface area contributed by atoms with Crippen LogP contribution in [0.15, 0.2) is 36.7 Å². The quantitative estimate of drug-likeness (QED) is 0.300. The number of nitrogens with zero attached hydrogens (tertiary/aromatic N) is 2. The topological polar surface area (TPSA) is 44.2 Å². The maximum Gasteiger partial charge on any atom is 0.159 e. The lowest BCUT2D eigenvalue weighted by molar-refractivity contribution is 0.249. The number of hydrogen-bond donors (Lipinski definition) is 0. The standard InChI is InChI=1S/C25H38N2O2/c1-4-6-8-10-12-21(3)20-29-23-15-13-22(14-16-23)25-26-18-24(19-27-25)28-17-11-9-7-5-2/h13-16,18-19,21H,4-12,17,20H2,1-3H3. The second kappa shape index (κ2) is 14.0. The highest BCUT2D eigenvalue weighted by Crippen LogP contribution is 2.21. The predicted molar refractivity (Wildman–Crippen MR) is 121 cm³/mol. The fraction of sp³-hybridized carbons (Fsp3) is 0.600. The first-order valence-corrected chi connectivity index (χ1v) is 11.4. The monoisotopic (exact) mass is 398 g/mol. The minimum Gasteiger partial charge on any atom is -0.493 e. The highest BCUT2D eigenvalue weighted by atomic mass is 16.5. The van der Waals surface area contributed by atoms with Gasteiger partial charge < -0.3 is 9.47 Å².